The molecule has 0 bridgehead atoms. The summed E-state index contributed by atoms with van der Waals surface area (Å²) in [5, 5.41) is 3.08. The highest BCUT2D eigenvalue weighted by molar-refractivity contribution is 6.22. The van der Waals surface area contributed by atoms with Gasteiger partial charge in [0.15, 0.2) is 5.43 Å². The summed E-state index contributed by atoms with van der Waals surface area (Å²) < 4.78 is 0. The first kappa shape index (κ1) is 16.7. The SMILES string of the molecule is Cc1cc(=O)c2cc(NC(=O)CN3C(=O)c4ccccc4C3=O)ccc2[nH]1. The monoisotopic (exact) mass is 361 g/mol. The molecule has 7 nitrogen and oxygen atoms in total. The van der Waals surface area contributed by atoms with Crippen molar-refractivity contribution in [2.45, 2.75) is 6.92 Å². The molecule has 1 aromatic heterocycles. The van der Waals surface area contributed by atoms with Gasteiger partial charge in [-0.3, -0.25) is 24.1 Å². The van der Waals surface area contributed by atoms with Crippen LogP contribution in [0.1, 0.15) is 26.4 Å². The zero-order chi connectivity index (χ0) is 19.1. The van der Waals surface area contributed by atoms with Crippen LogP contribution in [-0.2, 0) is 4.79 Å². The second kappa shape index (κ2) is 6.21. The molecule has 27 heavy (non-hydrogen) atoms. The second-order valence-corrected chi connectivity index (χ2v) is 6.37. The first-order chi connectivity index (χ1) is 12.9. The molecule has 0 spiro atoms. The molecule has 1 aliphatic heterocycles. The third kappa shape index (κ3) is 2.89. The normalized spacial score (nSPS) is 13.1. The maximum atomic E-state index is 12.3. The topological polar surface area (TPSA) is 99.3 Å². The highest BCUT2D eigenvalue weighted by Gasteiger charge is 2.36. The van der Waals surface area contributed by atoms with E-state index in [0.29, 0.717) is 27.7 Å². The molecular formula is C20H15N3O4. The lowest BCUT2D eigenvalue weighted by molar-refractivity contribution is -0.116. The Morgan fingerprint density at radius 3 is 2.33 bits per heavy atom. The highest BCUT2D eigenvalue weighted by Crippen LogP contribution is 2.22. The van der Waals surface area contributed by atoms with Crippen LogP contribution < -0.4 is 10.7 Å². The first-order valence-corrected chi connectivity index (χ1v) is 8.33. The molecule has 0 aliphatic carbocycles. The Balaban J connectivity index is 1.54. The molecule has 2 aromatic carbocycles. The third-order valence-corrected chi connectivity index (χ3v) is 4.43. The van der Waals surface area contributed by atoms with Gasteiger partial charge in [0, 0.05) is 28.4 Å². The molecular weight excluding hydrogens is 346 g/mol. The van der Waals surface area contributed by atoms with E-state index in [9.17, 15) is 19.2 Å². The molecule has 1 aliphatic rings. The van der Waals surface area contributed by atoms with Crippen LogP contribution >= 0.6 is 0 Å². The molecule has 0 saturated heterocycles. The number of benzene rings is 2. The summed E-state index contributed by atoms with van der Waals surface area (Å²) in [5.74, 6) is -1.50. The van der Waals surface area contributed by atoms with E-state index >= 15 is 0 Å². The van der Waals surface area contributed by atoms with E-state index in [1.165, 1.54) is 6.07 Å². The number of fused-ring (bicyclic) bond motifs is 2. The highest BCUT2D eigenvalue weighted by atomic mass is 16.2. The van der Waals surface area contributed by atoms with Gasteiger partial charge >= 0.3 is 0 Å². The fourth-order valence-corrected chi connectivity index (χ4v) is 3.18. The van der Waals surface area contributed by atoms with E-state index in [1.54, 1.807) is 49.4 Å². The Morgan fingerprint density at radius 2 is 1.67 bits per heavy atom. The van der Waals surface area contributed by atoms with Crippen LogP contribution in [0.15, 0.2) is 53.3 Å². The van der Waals surface area contributed by atoms with E-state index in [2.05, 4.69) is 10.3 Å². The van der Waals surface area contributed by atoms with Crippen LogP contribution in [0.25, 0.3) is 10.9 Å². The predicted octanol–water partition coefficient (Wildman–Crippen LogP) is 2.07. The van der Waals surface area contributed by atoms with Crippen LogP contribution in [0.5, 0.6) is 0 Å². The summed E-state index contributed by atoms with van der Waals surface area (Å²) in [5.41, 5.74) is 2.26. The number of aromatic nitrogens is 1. The smallest absolute Gasteiger partial charge is 0.262 e. The van der Waals surface area contributed by atoms with Gasteiger partial charge in [-0.1, -0.05) is 12.1 Å². The van der Waals surface area contributed by atoms with Crippen molar-refractivity contribution in [2.75, 3.05) is 11.9 Å². The van der Waals surface area contributed by atoms with E-state index < -0.39 is 24.3 Å². The van der Waals surface area contributed by atoms with Crippen LogP contribution in [-0.4, -0.2) is 34.2 Å². The molecule has 134 valence electrons. The summed E-state index contributed by atoms with van der Waals surface area (Å²) in [6.07, 6.45) is 0. The number of aryl methyl sites for hydroxylation is 1. The maximum Gasteiger partial charge on any atom is 0.262 e. The number of nitrogens with one attached hydrogen (secondary N) is 2. The summed E-state index contributed by atoms with van der Waals surface area (Å²) in [6, 6.07) is 12.8. The van der Waals surface area contributed by atoms with Crippen LogP contribution in [0.4, 0.5) is 5.69 Å². The Bertz CT molecular complexity index is 1140. The average molecular weight is 361 g/mol. The first-order valence-electron chi connectivity index (χ1n) is 8.33. The van der Waals surface area contributed by atoms with Gasteiger partial charge in [-0.2, -0.15) is 0 Å². The molecule has 2 N–H and O–H groups in total. The lowest BCUT2D eigenvalue weighted by Gasteiger charge is -2.14. The van der Waals surface area contributed by atoms with Crippen LogP contribution in [0.3, 0.4) is 0 Å². The lowest BCUT2D eigenvalue weighted by atomic mass is 10.1. The van der Waals surface area contributed by atoms with E-state index in [-0.39, 0.29) is 5.43 Å². The minimum Gasteiger partial charge on any atom is -0.358 e. The molecule has 4 rings (SSSR count). The maximum absolute atomic E-state index is 12.3. The number of aromatic amines is 1. The Labute approximate surface area is 153 Å². The molecule has 0 atom stereocenters. The van der Waals surface area contributed by atoms with Gasteiger partial charge in [0.1, 0.15) is 6.54 Å². The lowest BCUT2D eigenvalue weighted by Crippen LogP contribution is -2.37. The molecule has 0 radical (unpaired) electrons. The van der Waals surface area contributed by atoms with Gasteiger partial charge in [0.25, 0.3) is 11.8 Å². The number of carbonyl (C=O) groups is 3. The number of hydrogen-bond acceptors (Lipinski definition) is 4. The van der Waals surface area contributed by atoms with E-state index in [1.807, 2.05) is 0 Å². The predicted molar refractivity (Wildman–Crippen MR) is 99.7 cm³/mol. The number of hydrogen-bond donors (Lipinski definition) is 2. The largest absolute Gasteiger partial charge is 0.358 e. The molecule has 0 saturated carbocycles. The Kier molecular flexibility index (Phi) is 3.84. The van der Waals surface area contributed by atoms with Crippen molar-refractivity contribution in [3.63, 3.8) is 0 Å². The standard InChI is InChI=1S/C20H15N3O4/c1-11-8-17(24)15-9-12(6-7-16(15)21-11)22-18(25)10-23-19(26)13-4-2-3-5-14(13)20(23)27/h2-9H,10H2,1H3,(H,21,24)(H,22,25). The number of carbonyl (C=O) groups excluding carboxylic acids is 3. The van der Waals surface area contributed by atoms with Crippen LogP contribution in [0.2, 0.25) is 0 Å². The zero-order valence-electron chi connectivity index (χ0n) is 14.4. The van der Waals surface area contributed by atoms with Gasteiger partial charge in [0.2, 0.25) is 5.91 Å². The minimum atomic E-state index is -0.521. The van der Waals surface area contributed by atoms with Crippen molar-refractivity contribution < 1.29 is 14.4 Å². The van der Waals surface area contributed by atoms with Gasteiger partial charge < -0.3 is 10.3 Å². The van der Waals surface area contributed by atoms with Crippen LogP contribution in [0, 0.1) is 6.92 Å². The summed E-state index contributed by atoms with van der Waals surface area (Å²) >= 11 is 0. The molecule has 0 unspecified atom stereocenters. The van der Waals surface area contributed by atoms with Crippen molar-refractivity contribution in [1.29, 1.82) is 0 Å². The molecule has 3 amide bonds. The molecule has 0 fully saturated rings. The zero-order valence-corrected chi connectivity index (χ0v) is 14.4. The summed E-state index contributed by atoms with van der Waals surface area (Å²) in [4.78, 5) is 53.1. The fourth-order valence-electron chi connectivity index (χ4n) is 3.18. The van der Waals surface area contributed by atoms with Crippen molar-refractivity contribution in [3.8, 4) is 0 Å². The molecule has 3 aromatic rings. The Hall–Kier alpha value is -3.74. The fraction of sp³-hybridized carbons (Fsp3) is 0.100. The molecule has 7 heteroatoms. The van der Waals surface area contributed by atoms with Crippen molar-refractivity contribution in [3.05, 3.63) is 75.6 Å². The third-order valence-electron chi connectivity index (χ3n) is 4.43. The van der Waals surface area contributed by atoms with Gasteiger partial charge in [-0.25, -0.2) is 0 Å². The number of pyridine rings is 1. The van der Waals surface area contributed by atoms with Gasteiger partial charge in [-0.05, 0) is 37.3 Å². The van der Waals surface area contributed by atoms with Crippen molar-refractivity contribution in [2.24, 2.45) is 0 Å². The van der Waals surface area contributed by atoms with E-state index in [0.717, 1.165) is 10.6 Å². The van der Waals surface area contributed by atoms with Crippen molar-refractivity contribution in [1.82, 2.24) is 9.88 Å². The summed E-state index contributed by atoms with van der Waals surface area (Å²) in [7, 11) is 0. The van der Waals surface area contributed by atoms with E-state index in [4.69, 9.17) is 0 Å². The number of H-pyrrole nitrogens is 1. The van der Waals surface area contributed by atoms with Gasteiger partial charge in [-0.15, -0.1) is 0 Å². The van der Waals surface area contributed by atoms with Crippen molar-refractivity contribution >= 4 is 34.3 Å². The number of nitrogens with zero attached hydrogens (tertiary/aromatic N) is 1. The second-order valence-electron chi connectivity index (χ2n) is 6.37. The minimum absolute atomic E-state index is 0.155. The Morgan fingerprint density at radius 1 is 1.00 bits per heavy atom. The van der Waals surface area contributed by atoms with Gasteiger partial charge in [0.05, 0.1) is 11.1 Å². The number of rotatable bonds is 3. The number of anilines is 1. The summed E-state index contributed by atoms with van der Waals surface area (Å²) in [6.45, 7) is 1.40. The quantitative estimate of drug-likeness (QED) is 0.698. The number of imide groups is 1. The molecule has 2 heterocycles. The number of amides is 3. The average Bonchev–Trinajstić information content (AvgIpc) is 2.87.